The fraction of sp³-hybridized carbons (Fsp3) is 0.333. The molecular weight excluding hydrogens is 238 g/mol. The molecule has 0 bridgehead atoms. The number of aliphatic hydroxyl groups is 2. The van der Waals surface area contributed by atoms with Crippen molar-refractivity contribution in [1.82, 2.24) is 0 Å². The number of carboxylic acids is 1. The van der Waals surface area contributed by atoms with Crippen LogP contribution in [-0.4, -0.2) is 33.3 Å². The van der Waals surface area contributed by atoms with Crippen LogP contribution in [0.4, 0.5) is 5.69 Å². The van der Waals surface area contributed by atoms with Gasteiger partial charge in [0, 0.05) is 5.56 Å². The number of aliphatic hydroxyl groups excluding tert-OH is 2. The highest BCUT2D eigenvalue weighted by Crippen LogP contribution is 2.33. The number of para-hydroxylation sites is 1. The van der Waals surface area contributed by atoms with Crippen LogP contribution in [0.1, 0.15) is 23.7 Å². The summed E-state index contributed by atoms with van der Waals surface area (Å²) in [7, 11) is 0. The Kier molecular flexibility index (Phi) is 3.31. The quantitative estimate of drug-likeness (QED) is 0.605. The molecule has 18 heavy (non-hydrogen) atoms. The number of aliphatic carboxylic acids is 1. The van der Waals surface area contributed by atoms with Crippen molar-refractivity contribution in [3.8, 4) is 0 Å². The Bertz CT molecular complexity index is 499. The van der Waals surface area contributed by atoms with Crippen molar-refractivity contribution in [2.75, 3.05) is 5.32 Å². The number of nitrogens with one attached hydrogen (secondary N) is 1. The van der Waals surface area contributed by atoms with Crippen LogP contribution in [0.15, 0.2) is 18.2 Å². The molecule has 1 aromatic carbocycles. The molecule has 0 aromatic heterocycles. The van der Waals surface area contributed by atoms with Gasteiger partial charge in [0.1, 0.15) is 6.10 Å². The summed E-state index contributed by atoms with van der Waals surface area (Å²) in [6.07, 6.45) is -3.08. The molecule has 2 atom stereocenters. The Morgan fingerprint density at radius 1 is 1.39 bits per heavy atom. The second-order valence-corrected chi connectivity index (χ2v) is 4.22. The van der Waals surface area contributed by atoms with E-state index in [1.807, 2.05) is 0 Å². The third-order valence-electron chi connectivity index (χ3n) is 2.87. The van der Waals surface area contributed by atoms with Crippen molar-refractivity contribution in [3.05, 3.63) is 29.3 Å². The number of anilines is 1. The van der Waals surface area contributed by atoms with Gasteiger partial charge in [-0.25, -0.2) is 0 Å². The molecule has 4 N–H and O–H groups in total. The van der Waals surface area contributed by atoms with E-state index in [9.17, 15) is 19.8 Å². The standard InChI is InChI=1S/C12H13NO5/c14-8(5-10(16)17)12(18)7-3-1-2-6-4-9(15)13-11(6)7/h1-3,8,12,14,18H,4-5H2,(H,13,15)(H,16,17). The Hall–Kier alpha value is -1.92. The number of carboxylic acid groups (broad SMARTS) is 1. The Morgan fingerprint density at radius 3 is 2.78 bits per heavy atom. The highest BCUT2D eigenvalue weighted by molar-refractivity contribution is 6.00. The van der Waals surface area contributed by atoms with Gasteiger partial charge in [-0.15, -0.1) is 0 Å². The fourth-order valence-corrected chi connectivity index (χ4v) is 2.02. The van der Waals surface area contributed by atoms with Crippen LogP contribution in [0.3, 0.4) is 0 Å². The van der Waals surface area contributed by atoms with E-state index in [-0.39, 0.29) is 12.3 Å². The highest BCUT2D eigenvalue weighted by Gasteiger charge is 2.28. The molecule has 0 radical (unpaired) electrons. The lowest BCUT2D eigenvalue weighted by Crippen LogP contribution is -2.22. The molecule has 0 saturated heterocycles. The smallest absolute Gasteiger partial charge is 0.306 e. The lowest BCUT2D eigenvalue weighted by atomic mass is 9.98. The van der Waals surface area contributed by atoms with Crippen molar-refractivity contribution < 1.29 is 24.9 Å². The van der Waals surface area contributed by atoms with E-state index in [0.717, 1.165) is 5.56 Å². The summed E-state index contributed by atoms with van der Waals surface area (Å²) in [4.78, 5) is 21.8. The molecule has 96 valence electrons. The zero-order valence-corrected chi connectivity index (χ0v) is 9.46. The monoisotopic (exact) mass is 251 g/mol. The van der Waals surface area contributed by atoms with Crippen molar-refractivity contribution in [2.45, 2.75) is 25.0 Å². The van der Waals surface area contributed by atoms with Crippen molar-refractivity contribution in [2.24, 2.45) is 0 Å². The zero-order chi connectivity index (χ0) is 13.3. The van der Waals surface area contributed by atoms with Gasteiger partial charge in [-0.1, -0.05) is 18.2 Å². The molecule has 1 aliphatic rings. The first kappa shape index (κ1) is 12.5. The number of carbonyl (C=O) groups excluding carboxylic acids is 1. The molecule has 0 spiro atoms. The van der Waals surface area contributed by atoms with Gasteiger partial charge in [0.25, 0.3) is 0 Å². The van der Waals surface area contributed by atoms with E-state index in [1.165, 1.54) is 0 Å². The van der Waals surface area contributed by atoms with E-state index in [4.69, 9.17) is 5.11 Å². The second kappa shape index (κ2) is 4.75. The van der Waals surface area contributed by atoms with Gasteiger partial charge in [0.15, 0.2) is 0 Å². The van der Waals surface area contributed by atoms with Crippen molar-refractivity contribution in [3.63, 3.8) is 0 Å². The summed E-state index contributed by atoms with van der Waals surface area (Å²) in [6.45, 7) is 0. The van der Waals surface area contributed by atoms with Gasteiger partial charge >= 0.3 is 5.97 Å². The van der Waals surface area contributed by atoms with Crippen LogP contribution >= 0.6 is 0 Å². The molecule has 1 heterocycles. The highest BCUT2D eigenvalue weighted by atomic mass is 16.4. The van der Waals surface area contributed by atoms with Crippen LogP contribution in [0.25, 0.3) is 0 Å². The normalized spacial score (nSPS) is 16.9. The van der Waals surface area contributed by atoms with Gasteiger partial charge in [-0.05, 0) is 5.56 Å². The molecule has 1 amide bonds. The Balaban J connectivity index is 2.27. The molecule has 0 aliphatic carbocycles. The van der Waals surface area contributed by atoms with E-state index in [1.54, 1.807) is 18.2 Å². The second-order valence-electron chi connectivity index (χ2n) is 4.22. The first-order chi connectivity index (χ1) is 8.49. The molecule has 1 aromatic rings. The van der Waals surface area contributed by atoms with E-state index in [2.05, 4.69) is 5.32 Å². The lowest BCUT2D eigenvalue weighted by molar-refractivity contribution is -0.141. The maximum absolute atomic E-state index is 11.3. The van der Waals surface area contributed by atoms with Gasteiger partial charge < -0.3 is 20.6 Å². The van der Waals surface area contributed by atoms with E-state index >= 15 is 0 Å². The minimum Gasteiger partial charge on any atom is -0.481 e. The first-order valence-electron chi connectivity index (χ1n) is 5.48. The molecule has 2 rings (SSSR count). The van der Waals surface area contributed by atoms with Gasteiger partial charge in [0.2, 0.25) is 5.91 Å². The maximum atomic E-state index is 11.3. The molecule has 6 heteroatoms. The summed E-state index contributed by atoms with van der Waals surface area (Å²) in [6, 6.07) is 4.96. The topological polar surface area (TPSA) is 107 Å². The van der Waals surface area contributed by atoms with E-state index in [0.29, 0.717) is 11.3 Å². The summed E-state index contributed by atoms with van der Waals surface area (Å²) >= 11 is 0. The van der Waals surface area contributed by atoms with E-state index < -0.39 is 24.6 Å². The number of rotatable bonds is 4. The van der Waals surface area contributed by atoms with Crippen molar-refractivity contribution >= 4 is 17.6 Å². The summed E-state index contributed by atoms with van der Waals surface area (Å²) in [5.74, 6) is -1.38. The number of hydrogen-bond acceptors (Lipinski definition) is 4. The van der Waals surface area contributed by atoms with Crippen LogP contribution < -0.4 is 5.32 Å². The van der Waals surface area contributed by atoms with Crippen LogP contribution in [-0.2, 0) is 16.0 Å². The third kappa shape index (κ3) is 2.34. The summed E-state index contributed by atoms with van der Waals surface area (Å²) in [5.41, 5.74) is 1.55. The number of benzene rings is 1. The SMILES string of the molecule is O=C(O)CC(O)C(O)c1cccc2c1NC(=O)C2. The predicted octanol–water partition coefficient (Wildman–Crippen LogP) is 0.0502. The number of fused-ring (bicyclic) bond motifs is 1. The Morgan fingerprint density at radius 2 is 2.11 bits per heavy atom. The molecule has 6 nitrogen and oxygen atoms in total. The Labute approximate surface area is 103 Å². The summed E-state index contributed by atoms with van der Waals surface area (Å²) in [5, 5.41) is 30.7. The molecule has 2 unspecified atom stereocenters. The number of hydrogen-bond donors (Lipinski definition) is 4. The van der Waals surface area contributed by atoms with Crippen LogP contribution in [0, 0.1) is 0 Å². The number of carbonyl (C=O) groups is 2. The van der Waals surface area contributed by atoms with Crippen molar-refractivity contribution in [1.29, 1.82) is 0 Å². The largest absolute Gasteiger partial charge is 0.481 e. The predicted molar refractivity (Wildman–Crippen MR) is 62.0 cm³/mol. The minimum absolute atomic E-state index is 0.183. The molecule has 0 fully saturated rings. The van der Waals surface area contributed by atoms with Gasteiger partial charge in [-0.3, -0.25) is 9.59 Å². The summed E-state index contributed by atoms with van der Waals surface area (Å²) < 4.78 is 0. The zero-order valence-electron chi connectivity index (χ0n) is 9.46. The fourth-order valence-electron chi connectivity index (χ4n) is 2.02. The average molecular weight is 251 g/mol. The minimum atomic E-state index is -1.41. The first-order valence-corrected chi connectivity index (χ1v) is 5.48. The van der Waals surface area contributed by atoms with Crippen LogP contribution in [0.5, 0.6) is 0 Å². The van der Waals surface area contributed by atoms with Crippen LogP contribution in [0.2, 0.25) is 0 Å². The van der Waals surface area contributed by atoms with Gasteiger partial charge in [0.05, 0.1) is 24.6 Å². The maximum Gasteiger partial charge on any atom is 0.306 e. The lowest BCUT2D eigenvalue weighted by Gasteiger charge is -2.19. The third-order valence-corrected chi connectivity index (χ3v) is 2.87. The average Bonchev–Trinajstić information content (AvgIpc) is 2.66. The molecular formula is C12H13NO5. The molecule has 0 saturated carbocycles. The van der Waals surface area contributed by atoms with Gasteiger partial charge in [-0.2, -0.15) is 0 Å². The molecule has 1 aliphatic heterocycles. The number of amides is 1.